The maximum Gasteiger partial charge on any atom is 0.0610 e. The van der Waals surface area contributed by atoms with Gasteiger partial charge in [-0.25, -0.2) is 0 Å². The van der Waals surface area contributed by atoms with E-state index in [0.717, 1.165) is 38.9 Å². The van der Waals surface area contributed by atoms with Gasteiger partial charge in [-0.3, -0.25) is 0 Å². The van der Waals surface area contributed by atoms with E-state index in [1.54, 1.807) is 0 Å². The number of hydrogen-bond donors (Lipinski definition) is 2. The summed E-state index contributed by atoms with van der Waals surface area (Å²) in [5.41, 5.74) is 0.229. The van der Waals surface area contributed by atoms with Crippen molar-refractivity contribution in [2.24, 2.45) is 5.41 Å². The lowest BCUT2D eigenvalue weighted by atomic mass is 9.93. The van der Waals surface area contributed by atoms with Gasteiger partial charge in [0.2, 0.25) is 0 Å². The summed E-state index contributed by atoms with van der Waals surface area (Å²) in [7, 11) is 1.90. The van der Waals surface area contributed by atoms with Gasteiger partial charge in [-0.05, 0) is 45.1 Å². The Morgan fingerprint density at radius 3 is 2.12 bits per heavy atom. The molecule has 3 heteroatoms. The van der Waals surface area contributed by atoms with Crippen molar-refractivity contribution < 1.29 is 9.84 Å². The van der Waals surface area contributed by atoms with Crippen molar-refractivity contribution in [1.82, 2.24) is 5.32 Å². The highest BCUT2D eigenvalue weighted by Crippen LogP contribution is 2.18. The van der Waals surface area contributed by atoms with Crippen molar-refractivity contribution in [2.75, 3.05) is 26.9 Å². The number of aliphatic hydroxyl groups excluding tert-OH is 1. The molecular weight excluding hydrogens is 214 g/mol. The van der Waals surface area contributed by atoms with Crippen LogP contribution in [0.15, 0.2) is 0 Å². The summed E-state index contributed by atoms with van der Waals surface area (Å²) in [6.07, 6.45) is 4.26. The number of rotatable bonds is 9. The summed E-state index contributed by atoms with van der Waals surface area (Å²) in [5.74, 6) is 0. The van der Waals surface area contributed by atoms with Crippen LogP contribution in [0, 0.1) is 5.41 Å². The molecule has 0 saturated heterocycles. The van der Waals surface area contributed by atoms with Gasteiger partial charge in [-0.2, -0.15) is 0 Å². The van der Waals surface area contributed by atoms with Crippen LogP contribution in [0.4, 0.5) is 0 Å². The maximum absolute atomic E-state index is 9.22. The van der Waals surface area contributed by atoms with Crippen LogP contribution >= 0.6 is 0 Å². The lowest BCUT2D eigenvalue weighted by Gasteiger charge is -2.26. The molecule has 0 fully saturated rings. The fourth-order valence-corrected chi connectivity index (χ4v) is 1.48. The summed E-state index contributed by atoms with van der Waals surface area (Å²) in [4.78, 5) is 0. The minimum atomic E-state index is -0.134. The maximum atomic E-state index is 9.22. The first-order valence-corrected chi connectivity index (χ1v) is 6.70. The van der Waals surface area contributed by atoms with Gasteiger partial charge in [-0.1, -0.05) is 20.8 Å². The number of unbranched alkanes of at least 4 members (excludes halogenated alkanes) is 1. The molecule has 2 N–H and O–H groups in total. The molecule has 0 bridgehead atoms. The minimum absolute atomic E-state index is 0.134. The molecule has 3 nitrogen and oxygen atoms in total. The first-order chi connectivity index (χ1) is 7.83. The molecule has 17 heavy (non-hydrogen) atoms. The highest BCUT2D eigenvalue weighted by Gasteiger charge is 2.19. The zero-order valence-electron chi connectivity index (χ0n) is 12.3. The molecule has 1 unspecified atom stereocenters. The third kappa shape index (κ3) is 9.57. The van der Waals surface area contributed by atoms with E-state index < -0.39 is 0 Å². The molecule has 0 aliphatic carbocycles. The Labute approximate surface area is 107 Å². The van der Waals surface area contributed by atoms with Gasteiger partial charge < -0.3 is 15.2 Å². The molecule has 0 aliphatic heterocycles. The minimum Gasteiger partial charge on any atom is -0.394 e. The lowest BCUT2D eigenvalue weighted by Crippen LogP contribution is -2.43. The van der Waals surface area contributed by atoms with Crippen molar-refractivity contribution >= 4 is 0 Å². The second-order valence-electron chi connectivity index (χ2n) is 6.35. The predicted octanol–water partition coefficient (Wildman–Crippen LogP) is 2.58. The van der Waals surface area contributed by atoms with Crippen LogP contribution in [0.25, 0.3) is 0 Å². The van der Waals surface area contributed by atoms with Crippen molar-refractivity contribution in [2.45, 2.75) is 58.9 Å². The van der Waals surface area contributed by atoms with Crippen molar-refractivity contribution in [3.8, 4) is 0 Å². The number of hydrogen-bond acceptors (Lipinski definition) is 3. The summed E-state index contributed by atoms with van der Waals surface area (Å²) >= 11 is 0. The molecule has 1 atom stereocenters. The number of aliphatic hydroxyl groups is 1. The zero-order chi connectivity index (χ0) is 13.4. The molecule has 0 aromatic carbocycles. The van der Waals surface area contributed by atoms with E-state index >= 15 is 0 Å². The van der Waals surface area contributed by atoms with Gasteiger partial charge in [-0.15, -0.1) is 0 Å². The Bertz CT molecular complexity index is 183. The topological polar surface area (TPSA) is 41.5 Å². The first kappa shape index (κ1) is 16.9. The Morgan fingerprint density at radius 1 is 1.00 bits per heavy atom. The van der Waals surface area contributed by atoms with Crippen LogP contribution < -0.4 is 5.32 Å². The van der Waals surface area contributed by atoms with Crippen LogP contribution in [0.3, 0.4) is 0 Å². The molecule has 104 valence electrons. The van der Waals surface area contributed by atoms with Gasteiger partial charge in [0, 0.05) is 18.8 Å². The fraction of sp³-hybridized carbons (Fsp3) is 1.00. The van der Waals surface area contributed by atoms with Gasteiger partial charge in [0.1, 0.15) is 0 Å². The van der Waals surface area contributed by atoms with Crippen molar-refractivity contribution in [3.05, 3.63) is 0 Å². The Balaban J connectivity index is 3.41. The highest BCUT2D eigenvalue weighted by molar-refractivity contribution is 4.79. The third-order valence-electron chi connectivity index (χ3n) is 3.22. The van der Waals surface area contributed by atoms with Crippen LogP contribution in [0.1, 0.15) is 53.4 Å². The van der Waals surface area contributed by atoms with E-state index in [9.17, 15) is 5.11 Å². The monoisotopic (exact) mass is 245 g/mol. The van der Waals surface area contributed by atoms with E-state index in [4.69, 9.17) is 4.74 Å². The normalized spacial score (nSPS) is 15.9. The molecule has 0 amide bonds. The fourth-order valence-electron chi connectivity index (χ4n) is 1.48. The Morgan fingerprint density at radius 2 is 1.65 bits per heavy atom. The third-order valence-corrected chi connectivity index (χ3v) is 3.22. The Hall–Kier alpha value is -0.120. The second kappa shape index (κ2) is 8.06. The van der Waals surface area contributed by atoms with Gasteiger partial charge in [0.15, 0.2) is 0 Å². The summed E-state index contributed by atoms with van der Waals surface area (Å²) in [6.45, 7) is 10.6. The number of ether oxygens (including phenoxy) is 1. The SMILES string of the molecule is CNC(C)(CO)CCCCOCCC(C)(C)C. The van der Waals surface area contributed by atoms with Crippen LogP contribution in [-0.2, 0) is 4.74 Å². The molecule has 0 rings (SSSR count). The molecule has 0 aliphatic rings. The molecule has 0 radical (unpaired) electrons. The van der Waals surface area contributed by atoms with E-state index in [0.29, 0.717) is 5.41 Å². The Kier molecular flexibility index (Phi) is 8.01. The molecule has 0 aromatic heterocycles. The van der Waals surface area contributed by atoms with Crippen LogP contribution in [0.2, 0.25) is 0 Å². The van der Waals surface area contributed by atoms with E-state index in [1.807, 2.05) is 14.0 Å². The number of nitrogens with one attached hydrogen (secondary N) is 1. The summed E-state index contributed by atoms with van der Waals surface area (Å²) in [6, 6.07) is 0. The average molecular weight is 245 g/mol. The van der Waals surface area contributed by atoms with Crippen LogP contribution in [0.5, 0.6) is 0 Å². The van der Waals surface area contributed by atoms with Crippen molar-refractivity contribution in [1.29, 1.82) is 0 Å². The van der Waals surface area contributed by atoms with Crippen LogP contribution in [-0.4, -0.2) is 37.5 Å². The molecule has 0 heterocycles. The molecule has 0 spiro atoms. The van der Waals surface area contributed by atoms with Crippen molar-refractivity contribution in [3.63, 3.8) is 0 Å². The molecule has 0 aromatic rings. The summed E-state index contributed by atoms with van der Waals surface area (Å²) < 4.78 is 5.61. The lowest BCUT2D eigenvalue weighted by molar-refractivity contribution is 0.101. The largest absolute Gasteiger partial charge is 0.394 e. The highest BCUT2D eigenvalue weighted by atomic mass is 16.5. The standard InChI is InChI=1S/C14H31NO2/c1-13(2,3)9-11-17-10-7-6-8-14(4,12-16)15-5/h15-16H,6-12H2,1-5H3. The first-order valence-electron chi connectivity index (χ1n) is 6.70. The number of likely N-dealkylation sites (N-methyl/N-ethyl adjacent to an activating group) is 1. The smallest absolute Gasteiger partial charge is 0.0610 e. The van der Waals surface area contributed by atoms with E-state index in [1.165, 1.54) is 0 Å². The quantitative estimate of drug-likeness (QED) is 0.614. The second-order valence-corrected chi connectivity index (χ2v) is 6.35. The van der Waals surface area contributed by atoms with Gasteiger partial charge in [0.05, 0.1) is 6.61 Å². The van der Waals surface area contributed by atoms with Gasteiger partial charge >= 0.3 is 0 Å². The zero-order valence-corrected chi connectivity index (χ0v) is 12.3. The molecular formula is C14H31NO2. The van der Waals surface area contributed by atoms with Gasteiger partial charge in [0.25, 0.3) is 0 Å². The molecule has 0 saturated carbocycles. The predicted molar refractivity (Wildman–Crippen MR) is 73.3 cm³/mol. The average Bonchev–Trinajstić information content (AvgIpc) is 2.26. The van der Waals surface area contributed by atoms with E-state index in [-0.39, 0.29) is 12.1 Å². The van der Waals surface area contributed by atoms with E-state index in [2.05, 4.69) is 26.1 Å². The summed E-state index contributed by atoms with van der Waals surface area (Å²) in [5, 5.41) is 12.4.